The standard InChI is InChI=1S/C24H24Cl2N2O2/c25-20-3-1-18(2-4-20)17-30-24-10-5-21(26)15-19(24)16-27-22-6-8-23(9-7-22)28-11-13-29-14-12-28/h1-10,15,27H,11-14,16-17H2. The molecule has 3 aromatic carbocycles. The molecule has 156 valence electrons. The fraction of sp³-hybridized carbons (Fsp3) is 0.250. The fourth-order valence-electron chi connectivity index (χ4n) is 3.38. The first-order valence-corrected chi connectivity index (χ1v) is 10.8. The van der Waals surface area contributed by atoms with Crippen LogP contribution in [0.15, 0.2) is 66.7 Å². The number of nitrogens with one attached hydrogen (secondary N) is 1. The summed E-state index contributed by atoms with van der Waals surface area (Å²) in [6.07, 6.45) is 0. The zero-order chi connectivity index (χ0) is 20.8. The number of halogens is 2. The summed E-state index contributed by atoms with van der Waals surface area (Å²) in [6.45, 7) is 4.53. The topological polar surface area (TPSA) is 33.7 Å². The Morgan fingerprint density at radius 3 is 2.30 bits per heavy atom. The van der Waals surface area contributed by atoms with Crippen LogP contribution in [0.5, 0.6) is 5.75 Å². The molecule has 0 spiro atoms. The van der Waals surface area contributed by atoms with E-state index in [1.54, 1.807) is 0 Å². The van der Waals surface area contributed by atoms with E-state index in [9.17, 15) is 0 Å². The Labute approximate surface area is 187 Å². The second-order valence-corrected chi connectivity index (χ2v) is 8.04. The van der Waals surface area contributed by atoms with Gasteiger partial charge in [-0.2, -0.15) is 0 Å². The predicted molar refractivity (Wildman–Crippen MR) is 124 cm³/mol. The third kappa shape index (κ3) is 5.60. The van der Waals surface area contributed by atoms with Gasteiger partial charge in [-0.1, -0.05) is 35.3 Å². The van der Waals surface area contributed by atoms with Crippen molar-refractivity contribution in [2.45, 2.75) is 13.2 Å². The molecule has 30 heavy (non-hydrogen) atoms. The first kappa shape index (κ1) is 20.9. The molecule has 1 fully saturated rings. The summed E-state index contributed by atoms with van der Waals surface area (Å²) in [6, 6.07) is 21.8. The van der Waals surface area contributed by atoms with Crippen molar-refractivity contribution in [3.8, 4) is 5.75 Å². The molecule has 3 aromatic rings. The molecule has 0 atom stereocenters. The molecule has 1 saturated heterocycles. The van der Waals surface area contributed by atoms with Crippen molar-refractivity contribution >= 4 is 34.6 Å². The summed E-state index contributed by atoms with van der Waals surface area (Å²) in [7, 11) is 0. The van der Waals surface area contributed by atoms with Gasteiger partial charge in [0.25, 0.3) is 0 Å². The van der Waals surface area contributed by atoms with E-state index in [-0.39, 0.29) is 0 Å². The van der Waals surface area contributed by atoms with Gasteiger partial charge in [0.1, 0.15) is 12.4 Å². The van der Waals surface area contributed by atoms with Crippen LogP contribution in [0, 0.1) is 0 Å². The van der Waals surface area contributed by atoms with Gasteiger partial charge in [-0.25, -0.2) is 0 Å². The third-order valence-corrected chi connectivity index (χ3v) is 5.54. The van der Waals surface area contributed by atoms with Gasteiger partial charge in [-0.3, -0.25) is 0 Å². The normalized spacial score (nSPS) is 13.9. The van der Waals surface area contributed by atoms with Gasteiger partial charge in [0, 0.05) is 46.6 Å². The Morgan fingerprint density at radius 1 is 0.867 bits per heavy atom. The summed E-state index contributed by atoms with van der Waals surface area (Å²) in [5.41, 5.74) is 4.34. The lowest BCUT2D eigenvalue weighted by atomic mass is 10.2. The van der Waals surface area contributed by atoms with Crippen LogP contribution >= 0.6 is 23.2 Å². The molecular weight excluding hydrogens is 419 g/mol. The highest BCUT2D eigenvalue weighted by atomic mass is 35.5. The van der Waals surface area contributed by atoms with Crippen molar-refractivity contribution in [3.63, 3.8) is 0 Å². The smallest absolute Gasteiger partial charge is 0.124 e. The van der Waals surface area contributed by atoms with Gasteiger partial charge < -0.3 is 19.7 Å². The van der Waals surface area contributed by atoms with Crippen LogP contribution in [0.3, 0.4) is 0 Å². The highest BCUT2D eigenvalue weighted by Crippen LogP contribution is 2.26. The highest BCUT2D eigenvalue weighted by Gasteiger charge is 2.11. The van der Waals surface area contributed by atoms with Gasteiger partial charge in [-0.15, -0.1) is 0 Å². The molecule has 0 aromatic heterocycles. The molecule has 4 nitrogen and oxygen atoms in total. The van der Waals surface area contributed by atoms with Crippen molar-refractivity contribution in [1.29, 1.82) is 0 Å². The van der Waals surface area contributed by atoms with E-state index in [0.29, 0.717) is 18.2 Å². The van der Waals surface area contributed by atoms with Crippen molar-refractivity contribution in [3.05, 3.63) is 87.9 Å². The summed E-state index contributed by atoms with van der Waals surface area (Å²) in [5.74, 6) is 0.812. The maximum absolute atomic E-state index is 6.23. The fourth-order valence-corrected chi connectivity index (χ4v) is 3.70. The molecule has 1 aliphatic rings. The number of rotatable bonds is 7. The van der Waals surface area contributed by atoms with Crippen LogP contribution in [-0.2, 0) is 17.9 Å². The minimum absolute atomic E-state index is 0.472. The maximum atomic E-state index is 6.23. The molecule has 0 amide bonds. The molecule has 1 N–H and O–H groups in total. The van der Waals surface area contributed by atoms with E-state index in [2.05, 4.69) is 34.5 Å². The van der Waals surface area contributed by atoms with E-state index in [4.69, 9.17) is 32.7 Å². The number of hydrogen-bond donors (Lipinski definition) is 1. The van der Waals surface area contributed by atoms with E-state index in [1.165, 1.54) is 5.69 Å². The Morgan fingerprint density at radius 2 is 1.57 bits per heavy atom. The number of nitrogens with zero attached hydrogens (tertiary/aromatic N) is 1. The molecule has 0 aliphatic carbocycles. The SMILES string of the molecule is Clc1ccc(COc2ccc(Cl)cc2CNc2ccc(N3CCOCC3)cc2)cc1. The second-order valence-electron chi connectivity index (χ2n) is 7.17. The molecule has 0 saturated carbocycles. The molecular formula is C24H24Cl2N2O2. The van der Waals surface area contributed by atoms with Gasteiger partial charge in [0.15, 0.2) is 0 Å². The number of ether oxygens (including phenoxy) is 2. The largest absolute Gasteiger partial charge is 0.489 e. The minimum atomic E-state index is 0.472. The van der Waals surface area contributed by atoms with Crippen molar-refractivity contribution < 1.29 is 9.47 Å². The zero-order valence-corrected chi connectivity index (χ0v) is 18.1. The lowest BCUT2D eigenvalue weighted by Gasteiger charge is -2.29. The predicted octanol–water partition coefficient (Wildman–Crippen LogP) is 6.02. The number of hydrogen-bond acceptors (Lipinski definition) is 4. The van der Waals surface area contributed by atoms with Gasteiger partial charge in [0.2, 0.25) is 0 Å². The minimum Gasteiger partial charge on any atom is -0.489 e. The lowest BCUT2D eigenvalue weighted by molar-refractivity contribution is 0.122. The molecule has 0 bridgehead atoms. The van der Waals surface area contributed by atoms with E-state index >= 15 is 0 Å². The van der Waals surface area contributed by atoms with E-state index < -0.39 is 0 Å². The van der Waals surface area contributed by atoms with Gasteiger partial charge >= 0.3 is 0 Å². The summed E-state index contributed by atoms with van der Waals surface area (Å²) < 4.78 is 11.5. The summed E-state index contributed by atoms with van der Waals surface area (Å²) >= 11 is 12.2. The first-order valence-electron chi connectivity index (χ1n) is 10.00. The molecule has 4 rings (SSSR count). The number of benzene rings is 3. The second kappa shape index (κ2) is 10.1. The van der Waals surface area contributed by atoms with Crippen molar-refractivity contribution in [1.82, 2.24) is 0 Å². The van der Waals surface area contributed by atoms with Crippen LogP contribution in [0.2, 0.25) is 10.0 Å². The molecule has 1 heterocycles. The van der Waals surface area contributed by atoms with Crippen LogP contribution in [0.4, 0.5) is 11.4 Å². The zero-order valence-electron chi connectivity index (χ0n) is 16.6. The maximum Gasteiger partial charge on any atom is 0.124 e. The van der Waals surface area contributed by atoms with Crippen molar-refractivity contribution in [2.24, 2.45) is 0 Å². The first-order chi connectivity index (χ1) is 14.7. The third-order valence-electron chi connectivity index (χ3n) is 5.06. The Hall–Kier alpha value is -2.40. The van der Waals surface area contributed by atoms with Gasteiger partial charge in [-0.05, 0) is 60.2 Å². The number of morpholine rings is 1. The molecule has 0 radical (unpaired) electrons. The average molecular weight is 443 g/mol. The number of anilines is 2. The van der Waals surface area contributed by atoms with Crippen LogP contribution in [-0.4, -0.2) is 26.3 Å². The molecule has 0 unspecified atom stereocenters. The van der Waals surface area contributed by atoms with Crippen LogP contribution in [0.25, 0.3) is 0 Å². The average Bonchev–Trinajstić information content (AvgIpc) is 2.79. The van der Waals surface area contributed by atoms with Crippen LogP contribution in [0.1, 0.15) is 11.1 Å². The molecule has 1 aliphatic heterocycles. The Kier molecular flexibility index (Phi) is 7.00. The quantitative estimate of drug-likeness (QED) is 0.484. The van der Waals surface area contributed by atoms with E-state index in [0.717, 1.165) is 53.9 Å². The molecule has 6 heteroatoms. The Bertz CT molecular complexity index is 956. The monoisotopic (exact) mass is 442 g/mol. The lowest BCUT2D eigenvalue weighted by Crippen LogP contribution is -2.36. The summed E-state index contributed by atoms with van der Waals surface area (Å²) in [5, 5.41) is 4.87. The van der Waals surface area contributed by atoms with Crippen molar-refractivity contribution in [2.75, 3.05) is 36.5 Å². The Balaban J connectivity index is 1.38. The van der Waals surface area contributed by atoms with Gasteiger partial charge in [0.05, 0.1) is 13.2 Å². The van der Waals surface area contributed by atoms with E-state index in [1.807, 2.05) is 42.5 Å². The highest BCUT2D eigenvalue weighted by molar-refractivity contribution is 6.30. The van der Waals surface area contributed by atoms with Crippen LogP contribution < -0.4 is 15.0 Å². The summed E-state index contributed by atoms with van der Waals surface area (Å²) in [4.78, 5) is 2.34.